The van der Waals surface area contributed by atoms with Crippen molar-refractivity contribution >= 4 is 15.8 Å². The van der Waals surface area contributed by atoms with Crippen molar-refractivity contribution in [3.05, 3.63) is 35.4 Å². The Balaban J connectivity index is 2.54. The molecule has 24 heavy (non-hydrogen) atoms. The van der Waals surface area contributed by atoms with Crippen LogP contribution in [0.5, 0.6) is 0 Å². The van der Waals surface area contributed by atoms with E-state index in [4.69, 9.17) is 0 Å². The molecule has 0 spiro atoms. The van der Waals surface area contributed by atoms with Gasteiger partial charge in [0, 0.05) is 32.0 Å². The summed E-state index contributed by atoms with van der Waals surface area (Å²) in [4.78, 5) is 4.03. The second kappa shape index (κ2) is 8.41. The molecule has 0 heterocycles. The third kappa shape index (κ3) is 7.72. The lowest BCUT2D eigenvalue weighted by molar-refractivity contribution is 0.348. The van der Waals surface area contributed by atoms with Crippen LogP contribution in [0.25, 0.3) is 0 Å². The predicted molar refractivity (Wildman–Crippen MR) is 92.7 cm³/mol. The van der Waals surface area contributed by atoms with Gasteiger partial charge in [0.05, 0.1) is 5.75 Å². The van der Waals surface area contributed by atoms with Crippen LogP contribution in [0.4, 0.5) is 8.78 Å². The molecule has 1 aromatic rings. The Morgan fingerprint density at radius 1 is 1.25 bits per heavy atom. The summed E-state index contributed by atoms with van der Waals surface area (Å²) < 4.78 is 49.3. The van der Waals surface area contributed by atoms with E-state index in [1.54, 1.807) is 7.05 Å². The summed E-state index contributed by atoms with van der Waals surface area (Å²) in [6.45, 7) is 4.48. The minimum Gasteiger partial charge on any atom is -0.356 e. The number of halogens is 2. The van der Waals surface area contributed by atoms with Crippen molar-refractivity contribution in [2.75, 3.05) is 25.6 Å². The third-order valence-corrected chi connectivity index (χ3v) is 4.51. The largest absolute Gasteiger partial charge is 0.356 e. The summed E-state index contributed by atoms with van der Waals surface area (Å²) in [6.07, 6.45) is 1.72. The molecule has 0 aliphatic rings. The van der Waals surface area contributed by atoms with Gasteiger partial charge >= 0.3 is 0 Å². The zero-order valence-corrected chi connectivity index (χ0v) is 15.3. The SMILES string of the molecule is CN=C(NCc1cc(F)ccc1F)NCC(C)(C)CCS(C)(=O)=O. The second-order valence-electron chi connectivity index (χ2n) is 6.56. The van der Waals surface area contributed by atoms with E-state index < -0.39 is 21.5 Å². The first-order valence-electron chi connectivity index (χ1n) is 7.58. The maximum atomic E-state index is 13.6. The molecule has 1 aromatic carbocycles. The highest BCUT2D eigenvalue weighted by Gasteiger charge is 2.20. The van der Waals surface area contributed by atoms with Gasteiger partial charge in [0.2, 0.25) is 0 Å². The highest BCUT2D eigenvalue weighted by atomic mass is 32.2. The van der Waals surface area contributed by atoms with Crippen LogP contribution in [0.3, 0.4) is 0 Å². The van der Waals surface area contributed by atoms with Gasteiger partial charge in [0.1, 0.15) is 21.5 Å². The molecular formula is C16H25F2N3O2S. The van der Waals surface area contributed by atoms with Gasteiger partial charge < -0.3 is 10.6 Å². The molecular weight excluding hydrogens is 336 g/mol. The van der Waals surface area contributed by atoms with Gasteiger partial charge in [-0.2, -0.15) is 0 Å². The molecule has 0 atom stereocenters. The van der Waals surface area contributed by atoms with Crippen LogP contribution < -0.4 is 10.6 Å². The number of aliphatic imine (C=N–C) groups is 1. The molecule has 0 fully saturated rings. The van der Waals surface area contributed by atoms with Gasteiger partial charge in [-0.25, -0.2) is 17.2 Å². The van der Waals surface area contributed by atoms with Gasteiger partial charge in [-0.1, -0.05) is 13.8 Å². The number of benzene rings is 1. The summed E-state index contributed by atoms with van der Waals surface area (Å²) in [5.41, 5.74) is -0.0561. The van der Waals surface area contributed by atoms with E-state index in [1.165, 1.54) is 6.26 Å². The second-order valence-corrected chi connectivity index (χ2v) is 8.82. The molecule has 0 aromatic heterocycles. The summed E-state index contributed by atoms with van der Waals surface area (Å²) >= 11 is 0. The van der Waals surface area contributed by atoms with E-state index in [-0.39, 0.29) is 23.3 Å². The van der Waals surface area contributed by atoms with Crippen molar-refractivity contribution in [3.8, 4) is 0 Å². The molecule has 0 bridgehead atoms. The van der Waals surface area contributed by atoms with E-state index in [2.05, 4.69) is 15.6 Å². The summed E-state index contributed by atoms with van der Waals surface area (Å²) in [6, 6.07) is 3.28. The van der Waals surface area contributed by atoms with Crippen molar-refractivity contribution in [2.45, 2.75) is 26.8 Å². The maximum absolute atomic E-state index is 13.6. The van der Waals surface area contributed by atoms with Crippen LogP contribution >= 0.6 is 0 Å². The predicted octanol–water partition coefficient (Wildman–Crippen LogP) is 2.09. The van der Waals surface area contributed by atoms with Gasteiger partial charge in [-0.15, -0.1) is 0 Å². The summed E-state index contributed by atoms with van der Waals surface area (Å²) in [5, 5.41) is 5.99. The Kier molecular flexibility index (Phi) is 7.13. The molecule has 0 amide bonds. The van der Waals surface area contributed by atoms with Gasteiger partial charge in [-0.3, -0.25) is 4.99 Å². The highest BCUT2D eigenvalue weighted by molar-refractivity contribution is 7.90. The Morgan fingerprint density at radius 3 is 2.50 bits per heavy atom. The van der Waals surface area contributed by atoms with Crippen LogP contribution in [0, 0.1) is 17.0 Å². The Labute approximate surface area is 142 Å². The fraction of sp³-hybridized carbons (Fsp3) is 0.562. The molecule has 8 heteroatoms. The monoisotopic (exact) mass is 361 g/mol. The lowest BCUT2D eigenvalue weighted by Gasteiger charge is -2.25. The van der Waals surface area contributed by atoms with Crippen LogP contribution in [-0.4, -0.2) is 40.0 Å². The molecule has 0 unspecified atom stereocenters. The van der Waals surface area contributed by atoms with E-state index in [0.717, 1.165) is 18.2 Å². The molecule has 5 nitrogen and oxygen atoms in total. The first kappa shape index (κ1) is 20.3. The van der Waals surface area contributed by atoms with E-state index in [1.807, 2.05) is 13.8 Å². The van der Waals surface area contributed by atoms with Crippen LogP contribution in [-0.2, 0) is 16.4 Å². The first-order chi connectivity index (χ1) is 11.0. The molecule has 0 aliphatic carbocycles. The number of rotatable bonds is 7. The summed E-state index contributed by atoms with van der Waals surface area (Å²) in [5.74, 6) is -0.445. The smallest absolute Gasteiger partial charge is 0.191 e. The third-order valence-electron chi connectivity index (χ3n) is 3.56. The zero-order chi connectivity index (χ0) is 18.4. The normalized spacial score (nSPS) is 13.0. The molecule has 0 radical (unpaired) electrons. The van der Waals surface area contributed by atoms with Crippen molar-refractivity contribution in [2.24, 2.45) is 10.4 Å². The van der Waals surface area contributed by atoms with E-state index in [9.17, 15) is 17.2 Å². The van der Waals surface area contributed by atoms with E-state index in [0.29, 0.717) is 18.9 Å². The van der Waals surface area contributed by atoms with Gasteiger partial charge in [-0.05, 0) is 30.0 Å². The Morgan fingerprint density at radius 2 is 1.92 bits per heavy atom. The molecule has 1 rings (SSSR count). The standard InChI is InChI=1S/C16H25F2N3O2S/c1-16(2,7-8-24(4,22)23)11-21-15(19-3)20-10-12-9-13(17)5-6-14(12)18/h5-6,9H,7-8,10-11H2,1-4H3,(H2,19,20,21). The summed E-state index contributed by atoms with van der Waals surface area (Å²) in [7, 11) is -1.44. The average Bonchev–Trinajstić information content (AvgIpc) is 2.48. The van der Waals surface area contributed by atoms with Crippen LogP contribution in [0.15, 0.2) is 23.2 Å². The van der Waals surface area contributed by atoms with Crippen LogP contribution in [0.2, 0.25) is 0 Å². The quantitative estimate of drug-likeness (QED) is 0.576. The van der Waals surface area contributed by atoms with Crippen molar-refractivity contribution in [1.82, 2.24) is 10.6 Å². The molecule has 0 saturated heterocycles. The minimum atomic E-state index is -3.01. The van der Waals surface area contributed by atoms with Crippen molar-refractivity contribution < 1.29 is 17.2 Å². The molecule has 136 valence electrons. The fourth-order valence-electron chi connectivity index (χ4n) is 1.95. The van der Waals surface area contributed by atoms with Crippen LogP contribution in [0.1, 0.15) is 25.8 Å². The Bertz CT molecular complexity index is 689. The van der Waals surface area contributed by atoms with Gasteiger partial charge in [0.15, 0.2) is 5.96 Å². The number of hydrogen-bond acceptors (Lipinski definition) is 3. The first-order valence-corrected chi connectivity index (χ1v) is 9.65. The molecule has 0 saturated carbocycles. The minimum absolute atomic E-state index is 0.0903. The average molecular weight is 361 g/mol. The number of hydrogen-bond donors (Lipinski definition) is 2. The lowest BCUT2D eigenvalue weighted by atomic mass is 9.90. The maximum Gasteiger partial charge on any atom is 0.191 e. The van der Waals surface area contributed by atoms with Gasteiger partial charge in [0.25, 0.3) is 0 Å². The number of sulfone groups is 1. The number of nitrogens with one attached hydrogen (secondary N) is 2. The fourth-order valence-corrected chi connectivity index (χ4v) is 2.87. The van der Waals surface area contributed by atoms with Crippen molar-refractivity contribution in [3.63, 3.8) is 0 Å². The molecule has 0 aliphatic heterocycles. The Hall–Kier alpha value is -1.70. The van der Waals surface area contributed by atoms with Crippen molar-refractivity contribution in [1.29, 1.82) is 0 Å². The number of nitrogens with zero attached hydrogens (tertiary/aromatic N) is 1. The topological polar surface area (TPSA) is 70.6 Å². The lowest BCUT2D eigenvalue weighted by Crippen LogP contribution is -2.42. The van der Waals surface area contributed by atoms with E-state index >= 15 is 0 Å². The number of guanidine groups is 1. The molecule has 2 N–H and O–H groups in total. The highest BCUT2D eigenvalue weighted by Crippen LogP contribution is 2.19. The zero-order valence-electron chi connectivity index (χ0n) is 14.5.